The highest BCUT2D eigenvalue weighted by Gasteiger charge is 2.08. The number of aliphatic hydroxyl groups is 1. The lowest BCUT2D eigenvalue weighted by molar-refractivity contribution is 0.164. The molecule has 1 aromatic rings. The summed E-state index contributed by atoms with van der Waals surface area (Å²) in [6, 6.07) is 3.82. The molecule has 0 fully saturated rings. The zero-order valence-electron chi connectivity index (χ0n) is 8.62. The summed E-state index contributed by atoms with van der Waals surface area (Å²) >= 11 is 0. The normalized spacial score (nSPS) is 12.1. The van der Waals surface area contributed by atoms with Crippen molar-refractivity contribution in [3.63, 3.8) is 0 Å². The van der Waals surface area contributed by atoms with Gasteiger partial charge in [-0.2, -0.15) is 0 Å². The third-order valence-electron chi connectivity index (χ3n) is 2.28. The molecular formula is C12H15NO. The smallest absolute Gasteiger partial charge is 0.0968 e. The molecule has 74 valence electrons. The Morgan fingerprint density at radius 2 is 2.21 bits per heavy atom. The molecule has 1 N–H and O–H groups in total. The number of aliphatic hydroxyl groups excluding tert-OH is 1. The number of rotatable bonds is 3. The molecule has 1 aromatic heterocycles. The Morgan fingerprint density at radius 3 is 2.79 bits per heavy atom. The monoisotopic (exact) mass is 189 g/mol. The zero-order chi connectivity index (χ0) is 10.6. The van der Waals surface area contributed by atoms with Gasteiger partial charge in [0.15, 0.2) is 0 Å². The van der Waals surface area contributed by atoms with E-state index in [4.69, 9.17) is 6.42 Å². The van der Waals surface area contributed by atoms with Crippen LogP contribution in [0.25, 0.3) is 0 Å². The predicted octanol–water partition coefficient (Wildman–Crippen LogP) is 2.15. The highest BCUT2D eigenvalue weighted by atomic mass is 16.3. The van der Waals surface area contributed by atoms with E-state index in [2.05, 4.69) is 10.9 Å². The van der Waals surface area contributed by atoms with Crippen molar-refractivity contribution in [2.24, 2.45) is 0 Å². The van der Waals surface area contributed by atoms with Crippen molar-refractivity contribution >= 4 is 0 Å². The number of aromatic nitrogens is 1. The molecule has 0 amide bonds. The van der Waals surface area contributed by atoms with Crippen molar-refractivity contribution in [3.8, 4) is 12.3 Å². The van der Waals surface area contributed by atoms with Crippen LogP contribution in [0, 0.1) is 26.2 Å². The van der Waals surface area contributed by atoms with Gasteiger partial charge in [-0.3, -0.25) is 4.98 Å². The van der Waals surface area contributed by atoms with Crippen molar-refractivity contribution in [1.29, 1.82) is 0 Å². The maximum absolute atomic E-state index is 9.71. The Kier molecular flexibility index (Phi) is 3.67. The molecule has 0 aliphatic rings. The lowest BCUT2D eigenvalue weighted by atomic mass is 10.1. The van der Waals surface area contributed by atoms with Crippen LogP contribution in [-0.2, 0) is 0 Å². The van der Waals surface area contributed by atoms with E-state index in [9.17, 15) is 5.11 Å². The Bertz CT molecular complexity index is 352. The largest absolute Gasteiger partial charge is 0.387 e. The van der Waals surface area contributed by atoms with Crippen LogP contribution in [-0.4, -0.2) is 10.1 Å². The fourth-order valence-electron chi connectivity index (χ4n) is 1.20. The number of hydrogen-bond donors (Lipinski definition) is 1. The maximum Gasteiger partial charge on any atom is 0.0968 e. The van der Waals surface area contributed by atoms with Crippen LogP contribution in [0.5, 0.6) is 0 Å². The summed E-state index contributed by atoms with van der Waals surface area (Å²) in [5.41, 5.74) is 2.81. The minimum absolute atomic E-state index is 0.537. The van der Waals surface area contributed by atoms with E-state index in [1.54, 1.807) is 0 Å². The molecule has 0 bridgehead atoms. The van der Waals surface area contributed by atoms with Crippen LogP contribution in [0.2, 0.25) is 0 Å². The van der Waals surface area contributed by atoms with E-state index in [0.717, 1.165) is 11.3 Å². The first-order valence-electron chi connectivity index (χ1n) is 4.71. The van der Waals surface area contributed by atoms with E-state index >= 15 is 0 Å². The van der Waals surface area contributed by atoms with Crippen LogP contribution >= 0.6 is 0 Å². The highest BCUT2D eigenvalue weighted by molar-refractivity contribution is 5.21. The van der Waals surface area contributed by atoms with Crippen LogP contribution < -0.4 is 0 Å². The van der Waals surface area contributed by atoms with Gasteiger partial charge >= 0.3 is 0 Å². The van der Waals surface area contributed by atoms with Crippen LogP contribution in [0.4, 0.5) is 0 Å². The van der Waals surface area contributed by atoms with Crippen LogP contribution in [0.15, 0.2) is 12.1 Å². The van der Waals surface area contributed by atoms with Crippen molar-refractivity contribution in [1.82, 2.24) is 4.98 Å². The van der Waals surface area contributed by atoms with Gasteiger partial charge in [0.25, 0.3) is 0 Å². The summed E-state index contributed by atoms with van der Waals surface area (Å²) in [6.45, 7) is 3.94. The summed E-state index contributed by atoms with van der Waals surface area (Å²) in [5, 5.41) is 9.71. The Labute approximate surface area is 85.0 Å². The van der Waals surface area contributed by atoms with Gasteiger partial charge in [-0.15, -0.1) is 12.3 Å². The third-order valence-corrected chi connectivity index (χ3v) is 2.28. The first-order valence-corrected chi connectivity index (χ1v) is 4.71. The van der Waals surface area contributed by atoms with Crippen molar-refractivity contribution < 1.29 is 5.11 Å². The lowest BCUT2D eigenvalue weighted by Gasteiger charge is -2.09. The second-order valence-corrected chi connectivity index (χ2v) is 3.40. The van der Waals surface area contributed by atoms with Gasteiger partial charge in [0, 0.05) is 12.1 Å². The Morgan fingerprint density at radius 1 is 1.50 bits per heavy atom. The topological polar surface area (TPSA) is 33.1 Å². The van der Waals surface area contributed by atoms with Crippen molar-refractivity contribution in [2.45, 2.75) is 32.8 Å². The first-order chi connectivity index (χ1) is 6.65. The Balaban J connectivity index is 2.76. The average Bonchev–Trinajstić information content (AvgIpc) is 2.18. The summed E-state index contributed by atoms with van der Waals surface area (Å²) in [7, 11) is 0. The summed E-state index contributed by atoms with van der Waals surface area (Å²) < 4.78 is 0. The fraction of sp³-hybridized carbons (Fsp3) is 0.417. The molecule has 0 radical (unpaired) electrons. The number of nitrogens with zero attached hydrogens (tertiary/aromatic N) is 1. The molecule has 1 atom stereocenters. The SMILES string of the molecule is C#CCCC(O)c1ccc(C)c(C)n1. The minimum Gasteiger partial charge on any atom is -0.387 e. The number of pyridine rings is 1. The first kappa shape index (κ1) is 10.7. The van der Waals surface area contributed by atoms with Gasteiger partial charge in [-0.1, -0.05) is 6.07 Å². The predicted molar refractivity (Wildman–Crippen MR) is 56.7 cm³/mol. The quantitative estimate of drug-likeness (QED) is 0.739. The summed E-state index contributed by atoms with van der Waals surface area (Å²) in [5.74, 6) is 2.51. The molecule has 0 aliphatic heterocycles. The van der Waals surface area contributed by atoms with Crippen LogP contribution in [0.1, 0.15) is 35.9 Å². The van der Waals surface area contributed by atoms with Crippen LogP contribution in [0.3, 0.4) is 0 Å². The molecule has 14 heavy (non-hydrogen) atoms. The van der Waals surface area contributed by atoms with Crippen molar-refractivity contribution in [2.75, 3.05) is 0 Å². The van der Waals surface area contributed by atoms with E-state index in [0.29, 0.717) is 18.5 Å². The van der Waals surface area contributed by atoms with E-state index in [1.165, 1.54) is 0 Å². The highest BCUT2D eigenvalue weighted by Crippen LogP contribution is 2.17. The van der Waals surface area contributed by atoms with Gasteiger partial charge in [0.1, 0.15) is 0 Å². The van der Waals surface area contributed by atoms with E-state index in [-0.39, 0.29) is 0 Å². The summed E-state index contributed by atoms with van der Waals surface area (Å²) in [4.78, 5) is 4.31. The van der Waals surface area contributed by atoms with Gasteiger partial charge in [0.2, 0.25) is 0 Å². The molecule has 2 nitrogen and oxygen atoms in total. The standard InChI is InChI=1S/C12H15NO/c1-4-5-6-12(14)11-8-7-9(2)10(3)13-11/h1,7-8,12,14H,5-6H2,2-3H3. The average molecular weight is 189 g/mol. The molecule has 1 unspecified atom stereocenters. The molecule has 1 heterocycles. The van der Waals surface area contributed by atoms with E-state index < -0.39 is 6.10 Å². The number of hydrogen-bond acceptors (Lipinski definition) is 2. The molecule has 1 rings (SSSR count). The number of terminal acetylenes is 1. The van der Waals surface area contributed by atoms with Gasteiger partial charge < -0.3 is 5.11 Å². The third kappa shape index (κ3) is 2.58. The second-order valence-electron chi connectivity index (χ2n) is 3.40. The number of aryl methyl sites for hydroxylation is 2. The fourth-order valence-corrected chi connectivity index (χ4v) is 1.20. The van der Waals surface area contributed by atoms with Crippen molar-refractivity contribution in [3.05, 3.63) is 29.1 Å². The lowest BCUT2D eigenvalue weighted by Crippen LogP contribution is -2.02. The Hall–Kier alpha value is -1.33. The van der Waals surface area contributed by atoms with E-state index in [1.807, 2.05) is 26.0 Å². The maximum atomic E-state index is 9.71. The molecule has 2 heteroatoms. The van der Waals surface area contributed by atoms with Gasteiger partial charge in [-0.25, -0.2) is 0 Å². The summed E-state index contributed by atoms with van der Waals surface area (Å²) in [6.07, 6.45) is 5.75. The molecule has 0 saturated heterocycles. The molecule has 0 saturated carbocycles. The minimum atomic E-state index is -0.537. The zero-order valence-corrected chi connectivity index (χ0v) is 8.62. The van der Waals surface area contributed by atoms with Gasteiger partial charge in [0.05, 0.1) is 11.8 Å². The second kappa shape index (κ2) is 4.78. The molecular weight excluding hydrogens is 174 g/mol. The molecule has 0 spiro atoms. The molecule has 0 aromatic carbocycles. The van der Waals surface area contributed by atoms with Gasteiger partial charge in [-0.05, 0) is 31.9 Å². The molecule has 0 aliphatic carbocycles.